The maximum absolute atomic E-state index is 11.6. The van der Waals surface area contributed by atoms with Crippen molar-refractivity contribution in [2.45, 2.75) is 37.8 Å². The van der Waals surface area contributed by atoms with Crippen molar-refractivity contribution >= 4 is 23.7 Å². The van der Waals surface area contributed by atoms with Gasteiger partial charge in [-0.3, -0.25) is 10.1 Å². The van der Waals surface area contributed by atoms with E-state index in [4.69, 9.17) is 5.73 Å². The fourth-order valence-electron chi connectivity index (χ4n) is 1.81. The molecule has 1 aromatic carbocycles. The highest BCUT2D eigenvalue weighted by molar-refractivity contribution is 8.00. The molecule has 3 N–H and O–H groups in total. The Kier molecular flexibility index (Phi) is 4.78. The molecule has 1 rings (SSSR count). The van der Waals surface area contributed by atoms with Crippen molar-refractivity contribution in [3.63, 3.8) is 0 Å². The molecule has 0 radical (unpaired) electrons. The van der Waals surface area contributed by atoms with Gasteiger partial charge in [-0.25, -0.2) is 4.79 Å². The molecule has 0 bridgehead atoms. The van der Waals surface area contributed by atoms with Gasteiger partial charge in [-0.1, -0.05) is 17.7 Å². The Balaban J connectivity index is 2.85. The molecule has 0 fully saturated rings. The third-order valence-electron chi connectivity index (χ3n) is 2.51. The molecule has 5 heteroatoms. The number of thioether (sulfide) groups is 1. The molecule has 1 unspecified atom stereocenters. The summed E-state index contributed by atoms with van der Waals surface area (Å²) in [7, 11) is 0. The van der Waals surface area contributed by atoms with E-state index >= 15 is 0 Å². The van der Waals surface area contributed by atoms with E-state index in [0.29, 0.717) is 0 Å². The number of nitrogens with two attached hydrogens (primary N) is 1. The van der Waals surface area contributed by atoms with Crippen LogP contribution in [-0.4, -0.2) is 17.2 Å². The molecule has 0 aromatic heterocycles. The first-order valence-corrected chi connectivity index (χ1v) is 6.54. The number of hydrogen-bond acceptors (Lipinski definition) is 3. The van der Waals surface area contributed by atoms with Gasteiger partial charge in [0, 0.05) is 4.90 Å². The Morgan fingerprint density at radius 3 is 2.17 bits per heavy atom. The summed E-state index contributed by atoms with van der Waals surface area (Å²) >= 11 is 1.44. The van der Waals surface area contributed by atoms with Crippen LogP contribution in [0.2, 0.25) is 0 Å². The van der Waals surface area contributed by atoms with Crippen LogP contribution < -0.4 is 11.1 Å². The summed E-state index contributed by atoms with van der Waals surface area (Å²) in [4.78, 5) is 23.3. The molecule has 1 atom stereocenters. The standard InChI is InChI=1S/C13H18N2O2S/c1-7-5-8(2)11(9(3)6-7)18-10(4)12(16)15-13(14)17/h5-6,10H,1-4H3,(H3,14,15,16,17). The zero-order chi connectivity index (χ0) is 13.9. The van der Waals surface area contributed by atoms with Crippen LogP contribution in [0, 0.1) is 20.8 Å². The van der Waals surface area contributed by atoms with Crippen molar-refractivity contribution in [1.29, 1.82) is 0 Å². The fourth-order valence-corrected chi connectivity index (χ4v) is 2.82. The molecule has 0 saturated carbocycles. The molecule has 3 amide bonds. The molecule has 98 valence electrons. The average molecular weight is 266 g/mol. The molecule has 4 nitrogen and oxygen atoms in total. The lowest BCUT2D eigenvalue weighted by Crippen LogP contribution is -2.39. The highest BCUT2D eigenvalue weighted by atomic mass is 32.2. The first kappa shape index (κ1) is 14.6. The molecule has 0 spiro atoms. The molecule has 1 aromatic rings. The molecule has 0 aliphatic rings. The maximum atomic E-state index is 11.6. The van der Waals surface area contributed by atoms with Gasteiger partial charge in [0.1, 0.15) is 0 Å². The molecule has 0 heterocycles. The first-order chi connectivity index (χ1) is 8.31. The number of imide groups is 1. The predicted octanol–water partition coefficient (Wildman–Crippen LogP) is 2.29. The van der Waals surface area contributed by atoms with Crippen molar-refractivity contribution in [3.05, 3.63) is 28.8 Å². The van der Waals surface area contributed by atoms with Crippen LogP contribution >= 0.6 is 11.8 Å². The number of rotatable bonds is 3. The first-order valence-electron chi connectivity index (χ1n) is 5.66. The van der Waals surface area contributed by atoms with Crippen LogP contribution in [0.1, 0.15) is 23.6 Å². The Morgan fingerprint density at radius 2 is 1.72 bits per heavy atom. The van der Waals surface area contributed by atoms with Gasteiger partial charge in [0.05, 0.1) is 5.25 Å². The van der Waals surface area contributed by atoms with Crippen molar-refractivity contribution in [3.8, 4) is 0 Å². The third-order valence-corrected chi connectivity index (χ3v) is 3.96. The molecule has 18 heavy (non-hydrogen) atoms. The van der Waals surface area contributed by atoms with Gasteiger partial charge < -0.3 is 5.73 Å². The number of nitrogens with one attached hydrogen (secondary N) is 1. The predicted molar refractivity (Wildman–Crippen MR) is 73.7 cm³/mol. The van der Waals surface area contributed by atoms with Gasteiger partial charge in [0.15, 0.2) is 0 Å². The fraction of sp³-hybridized carbons (Fsp3) is 0.385. The summed E-state index contributed by atoms with van der Waals surface area (Å²) in [6.45, 7) is 7.82. The highest BCUT2D eigenvalue weighted by Crippen LogP contribution is 2.30. The lowest BCUT2D eigenvalue weighted by atomic mass is 10.1. The number of carbonyl (C=O) groups excluding carboxylic acids is 2. The number of hydrogen-bond donors (Lipinski definition) is 2. The van der Waals surface area contributed by atoms with Crippen LogP contribution in [0.4, 0.5) is 4.79 Å². The summed E-state index contributed by atoms with van der Waals surface area (Å²) in [6, 6.07) is 3.34. The van der Waals surface area contributed by atoms with E-state index in [1.165, 1.54) is 17.3 Å². The molecular weight excluding hydrogens is 248 g/mol. The van der Waals surface area contributed by atoms with Gasteiger partial charge in [0.2, 0.25) is 5.91 Å². The lowest BCUT2D eigenvalue weighted by molar-refractivity contribution is -0.119. The monoisotopic (exact) mass is 266 g/mol. The summed E-state index contributed by atoms with van der Waals surface area (Å²) in [5.41, 5.74) is 8.39. The Bertz CT molecular complexity index is 463. The van der Waals surface area contributed by atoms with E-state index in [9.17, 15) is 9.59 Å². The van der Waals surface area contributed by atoms with E-state index < -0.39 is 6.03 Å². The summed E-state index contributed by atoms with van der Waals surface area (Å²) < 4.78 is 0. The lowest BCUT2D eigenvalue weighted by Gasteiger charge is -2.15. The van der Waals surface area contributed by atoms with Crippen molar-refractivity contribution in [2.24, 2.45) is 5.73 Å². The number of aryl methyl sites for hydroxylation is 3. The van der Waals surface area contributed by atoms with Crippen LogP contribution in [0.3, 0.4) is 0 Å². The van der Waals surface area contributed by atoms with Crippen molar-refractivity contribution in [1.82, 2.24) is 5.32 Å². The zero-order valence-electron chi connectivity index (χ0n) is 11.0. The van der Waals surface area contributed by atoms with Crippen LogP contribution in [0.5, 0.6) is 0 Å². The average Bonchev–Trinajstić information content (AvgIpc) is 2.21. The zero-order valence-corrected chi connectivity index (χ0v) is 11.9. The second-order valence-corrected chi connectivity index (χ2v) is 5.69. The minimum Gasteiger partial charge on any atom is -0.351 e. The van der Waals surface area contributed by atoms with E-state index in [1.54, 1.807) is 6.92 Å². The maximum Gasteiger partial charge on any atom is 0.318 e. The van der Waals surface area contributed by atoms with Crippen LogP contribution in [0.25, 0.3) is 0 Å². The van der Waals surface area contributed by atoms with E-state index in [-0.39, 0.29) is 11.2 Å². The van der Waals surface area contributed by atoms with Gasteiger partial charge in [-0.05, 0) is 38.8 Å². The largest absolute Gasteiger partial charge is 0.351 e. The Morgan fingerprint density at radius 1 is 1.22 bits per heavy atom. The summed E-state index contributed by atoms with van der Waals surface area (Å²) in [6.07, 6.45) is 0. The second-order valence-electron chi connectivity index (χ2n) is 4.34. The number of amides is 3. The minimum absolute atomic E-state index is 0.363. The number of primary amides is 1. The quantitative estimate of drug-likeness (QED) is 0.824. The number of benzene rings is 1. The van der Waals surface area contributed by atoms with Crippen LogP contribution in [0.15, 0.2) is 17.0 Å². The number of carbonyl (C=O) groups is 2. The minimum atomic E-state index is -0.815. The van der Waals surface area contributed by atoms with Crippen molar-refractivity contribution < 1.29 is 9.59 Å². The van der Waals surface area contributed by atoms with E-state index in [0.717, 1.165) is 16.0 Å². The second kappa shape index (κ2) is 5.91. The van der Waals surface area contributed by atoms with Gasteiger partial charge in [-0.2, -0.15) is 0 Å². The van der Waals surface area contributed by atoms with Gasteiger partial charge in [-0.15, -0.1) is 11.8 Å². The Hall–Kier alpha value is -1.49. The smallest absolute Gasteiger partial charge is 0.318 e. The van der Waals surface area contributed by atoms with Gasteiger partial charge in [0.25, 0.3) is 0 Å². The SMILES string of the molecule is Cc1cc(C)c(SC(C)C(=O)NC(N)=O)c(C)c1. The highest BCUT2D eigenvalue weighted by Gasteiger charge is 2.17. The normalized spacial score (nSPS) is 12.0. The van der Waals surface area contributed by atoms with Crippen molar-refractivity contribution in [2.75, 3.05) is 0 Å². The topological polar surface area (TPSA) is 72.2 Å². The molecular formula is C13H18N2O2S. The van der Waals surface area contributed by atoms with E-state index in [2.05, 4.69) is 17.4 Å². The number of urea groups is 1. The summed E-state index contributed by atoms with van der Waals surface area (Å²) in [5.74, 6) is -0.369. The summed E-state index contributed by atoms with van der Waals surface area (Å²) in [5, 5.41) is 1.73. The third kappa shape index (κ3) is 3.77. The Labute approximate surface area is 111 Å². The molecule has 0 aliphatic carbocycles. The van der Waals surface area contributed by atoms with E-state index in [1.807, 2.05) is 20.8 Å². The van der Waals surface area contributed by atoms with Gasteiger partial charge >= 0.3 is 6.03 Å². The molecule has 0 aliphatic heterocycles. The van der Waals surface area contributed by atoms with Crippen LogP contribution in [-0.2, 0) is 4.79 Å². The molecule has 0 saturated heterocycles.